The molecule has 0 spiro atoms. The van der Waals surface area contributed by atoms with E-state index >= 15 is 0 Å². The van der Waals surface area contributed by atoms with Crippen LogP contribution in [0.1, 0.15) is 31.2 Å². The molecule has 17 heavy (non-hydrogen) atoms. The summed E-state index contributed by atoms with van der Waals surface area (Å²) in [5.74, 6) is -0.257. The Morgan fingerprint density at radius 2 is 2.00 bits per heavy atom. The molecule has 1 aromatic rings. The summed E-state index contributed by atoms with van der Waals surface area (Å²) < 4.78 is 2.28. The first-order chi connectivity index (χ1) is 8.04. The monoisotopic (exact) mass is 236 g/mol. The lowest BCUT2D eigenvalue weighted by atomic mass is 10.0. The second-order valence-corrected chi connectivity index (χ2v) is 4.37. The van der Waals surface area contributed by atoms with Gasteiger partial charge in [-0.25, -0.2) is 9.36 Å². The van der Waals surface area contributed by atoms with Crippen LogP contribution in [0.2, 0.25) is 0 Å². The number of hydrogen-bond acceptors (Lipinski definition) is 3. The van der Waals surface area contributed by atoms with Crippen molar-refractivity contribution in [1.29, 1.82) is 0 Å². The summed E-state index contributed by atoms with van der Waals surface area (Å²) >= 11 is 0. The summed E-state index contributed by atoms with van der Waals surface area (Å²) in [7, 11) is 1.46. The van der Waals surface area contributed by atoms with Gasteiger partial charge in [-0.2, -0.15) is 0 Å². The molecule has 0 aromatic carbocycles. The van der Waals surface area contributed by atoms with Crippen LogP contribution in [0, 0.1) is 6.92 Å². The smallest absolute Gasteiger partial charge is 0.337 e. The summed E-state index contributed by atoms with van der Waals surface area (Å²) in [5, 5.41) is 9.62. The first kappa shape index (κ1) is 11.7. The van der Waals surface area contributed by atoms with E-state index in [1.165, 1.54) is 18.5 Å². The molecular formula is C12H16N2O3. The molecule has 5 heteroatoms. The lowest BCUT2D eigenvalue weighted by Gasteiger charge is -2.16. The van der Waals surface area contributed by atoms with Crippen LogP contribution >= 0.6 is 0 Å². The molecule has 0 unspecified atom stereocenters. The van der Waals surface area contributed by atoms with Gasteiger partial charge in [0.1, 0.15) is 0 Å². The Labute approximate surface area is 98.6 Å². The molecule has 0 bridgehead atoms. The van der Waals surface area contributed by atoms with Crippen molar-refractivity contribution in [3.63, 3.8) is 0 Å². The molecule has 1 aliphatic carbocycles. The van der Waals surface area contributed by atoms with E-state index in [4.69, 9.17) is 0 Å². The molecule has 1 N–H and O–H groups in total. The average molecular weight is 236 g/mol. The molecule has 0 aliphatic heterocycles. The maximum Gasteiger partial charge on any atom is 0.337 e. The fraction of sp³-hybridized carbons (Fsp3) is 0.500. The summed E-state index contributed by atoms with van der Waals surface area (Å²) in [6, 6.07) is 0. The SMILES string of the molecule is Cc1c(O)n(C)c(=O)n(C2=CCCCC2)c1=O. The molecule has 5 nitrogen and oxygen atoms in total. The number of hydrogen-bond donors (Lipinski definition) is 1. The fourth-order valence-corrected chi connectivity index (χ4v) is 2.12. The van der Waals surface area contributed by atoms with Crippen LogP contribution in [-0.4, -0.2) is 14.2 Å². The predicted octanol–water partition coefficient (Wildman–Crippen LogP) is 0.976. The van der Waals surface area contributed by atoms with Crippen molar-refractivity contribution in [3.8, 4) is 5.88 Å². The lowest BCUT2D eigenvalue weighted by Crippen LogP contribution is -2.39. The Kier molecular flexibility index (Phi) is 2.92. The normalized spacial score (nSPS) is 15.8. The van der Waals surface area contributed by atoms with Gasteiger partial charge in [-0.15, -0.1) is 0 Å². The largest absolute Gasteiger partial charge is 0.494 e. The minimum Gasteiger partial charge on any atom is -0.494 e. The summed E-state index contributed by atoms with van der Waals surface area (Å²) in [4.78, 5) is 24.0. The van der Waals surface area contributed by atoms with Gasteiger partial charge in [-0.05, 0) is 32.6 Å². The van der Waals surface area contributed by atoms with Gasteiger partial charge < -0.3 is 5.11 Å². The van der Waals surface area contributed by atoms with Crippen LogP contribution in [0.3, 0.4) is 0 Å². The molecule has 0 fully saturated rings. The highest BCUT2D eigenvalue weighted by Crippen LogP contribution is 2.19. The third-order valence-corrected chi connectivity index (χ3v) is 3.21. The van der Waals surface area contributed by atoms with E-state index in [1.54, 1.807) is 0 Å². The van der Waals surface area contributed by atoms with Crippen LogP contribution in [0.4, 0.5) is 0 Å². The summed E-state index contributed by atoms with van der Waals surface area (Å²) in [5.41, 5.74) is 0.0634. The van der Waals surface area contributed by atoms with Crippen LogP contribution < -0.4 is 11.2 Å². The molecule has 1 aromatic heterocycles. The Morgan fingerprint density at radius 1 is 1.29 bits per heavy atom. The average Bonchev–Trinajstić information content (AvgIpc) is 2.36. The van der Waals surface area contributed by atoms with Gasteiger partial charge in [0.2, 0.25) is 5.88 Å². The zero-order valence-electron chi connectivity index (χ0n) is 10.1. The minimum atomic E-state index is -0.480. The van der Waals surface area contributed by atoms with E-state index in [0.717, 1.165) is 35.9 Å². The Hall–Kier alpha value is -1.78. The zero-order valence-corrected chi connectivity index (χ0v) is 10.1. The Balaban J connectivity index is 2.74. The maximum absolute atomic E-state index is 12.0. The van der Waals surface area contributed by atoms with Gasteiger partial charge >= 0.3 is 5.69 Å². The second-order valence-electron chi connectivity index (χ2n) is 4.37. The Bertz CT molecular complexity index is 556. The van der Waals surface area contributed by atoms with Crippen LogP contribution in [0.5, 0.6) is 5.88 Å². The van der Waals surface area contributed by atoms with E-state index in [1.807, 2.05) is 6.08 Å². The molecule has 2 rings (SSSR count). The summed E-state index contributed by atoms with van der Waals surface area (Å²) in [6.45, 7) is 1.52. The standard InChI is InChI=1S/C12H16N2O3/c1-8-10(15)13(2)12(17)14(11(8)16)9-6-4-3-5-7-9/h6,15H,3-5,7H2,1-2H3. The van der Waals surface area contributed by atoms with Crippen molar-refractivity contribution in [3.05, 3.63) is 32.5 Å². The van der Waals surface area contributed by atoms with Crippen LogP contribution in [0.25, 0.3) is 5.70 Å². The van der Waals surface area contributed by atoms with E-state index < -0.39 is 11.2 Å². The van der Waals surface area contributed by atoms with Gasteiger partial charge in [0.15, 0.2) is 0 Å². The molecule has 0 amide bonds. The molecule has 1 aliphatic rings. The predicted molar refractivity (Wildman–Crippen MR) is 65.1 cm³/mol. The maximum atomic E-state index is 12.0. The molecule has 0 atom stereocenters. The molecule has 1 heterocycles. The minimum absolute atomic E-state index is 0.207. The van der Waals surface area contributed by atoms with Gasteiger partial charge in [0.25, 0.3) is 5.56 Å². The third kappa shape index (κ3) is 1.81. The highest BCUT2D eigenvalue weighted by atomic mass is 16.3. The number of allylic oxidation sites excluding steroid dienone is 2. The van der Waals surface area contributed by atoms with Crippen molar-refractivity contribution < 1.29 is 5.11 Å². The fourth-order valence-electron chi connectivity index (χ4n) is 2.12. The highest BCUT2D eigenvalue weighted by Gasteiger charge is 2.16. The number of aromatic hydroxyl groups is 1. The van der Waals surface area contributed by atoms with Gasteiger partial charge in [-0.1, -0.05) is 6.08 Å². The number of aromatic nitrogens is 2. The Morgan fingerprint density at radius 3 is 2.59 bits per heavy atom. The summed E-state index contributed by atoms with van der Waals surface area (Å²) in [6.07, 6.45) is 5.64. The van der Waals surface area contributed by atoms with E-state index in [0.29, 0.717) is 0 Å². The zero-order chi connectivity index (χ0) is 12.6. The van der Waals surface area contributed by atoms with E-state index in [9.17, 15) is 14.7 Å². The van der Waals surface area contributed by atoms with Crippen LogP contribution in [0.15, 0.2) is 15.7 Å². The number of nitrogens with zero attached hydrogens (tertiary/aromatic N) is 2. The van der Waals surface area contributed by atoms with Crippen molar-refractivity contribution in [2.75, 3.05) is 0 Å². The van der Waals surface area contributed by atoms with E-state index in [2.05, 4.69) is 0 Å². The molecule has 0 saturated carbocycles. The first-order valence-electron chi connectivity index (χ1n) is 5.75. The first-order valence-corrected chi connectivity index (χ1v) is 5.75. The van der Waals surface area contributed by atoms with Gasteiger partial charge in [-0.3, -0.25) is 9.36 Å². The highest BCUT2D eigenvalue weighted by molar-refractivity contribution is 5.46. The topological polar surface area (TPSA) is 64.2 Å². The molecule has 0 radical (unpaired) electrons. The molecule has 92 valence electrons. The van der Waals surface area contributed by atoms with Crippen molar-refractivity contribution >= 4 is 5.70 Å². The van der Waals surface area contributed by atoms with Crippen molar-refractivity contribution in [1.82, 2.24) is 9.13 Å². The third-order valence-electron chi connectivity index (χ3n) is 3.21. The molecular weight excluding hydrogens is 220 g/mol. The lowest BCUT2D eigenvalue weighted by molar-refractivity contribution is 0.409. The van der Waals surface area contributed by atoms with Crippen molar-refractivity contribution in [2.24, 2.45) is 7.05 Å². The quantitative estimate of drug-likeness (QED) is 0.790. The van der Waals surface area contributed by atoms with Crippen molar-refractivity contribution in [2.45, 2.75) is 32.6 Å². The second kappa shape index (κ2) is 4.24. The van der Waals surface area contributed by atoms with E-state index in [-0.39, 0.29) is 11.4 Å². The number of rotatable bonds is 1. The van der Waals surface area contributed by atoms with Gasteiger partial charge in [0.05, 0.1) is 5.56 Å². The van der Waals surface area contributed by atoms with Gasteiger partial charge in [0, 0.05) is 12.7 Å². The van der Waals surface area contributed by atoms with Crippen LogP contribution in [-0.2, 0) is 7.05 Å². The molecule has 0 saturated heterocycles.